The number of alkyl halides is 3. The van der Waals surface area contributed by atoms with Crippen molar-refractivity contribution in [1.82, 2.24) is 19.7 Å². The van der Waals surface area contributed by atoms with E-state index >= 15 is 0 Å². The summed E-state index contributed by atoms with van der Waals surface area (Å²) in [5, 5.41) is 8.44. The van der Waals surface area contributed by atoms with Gasteiger partial charge in [0.2, 0.25) is 0 Å². The summed E-state index contributed by atoms with van der Waals surface area (Å²) in [5.41, 5.74) is 1.52. The van der Waals surface area contributed by atoms with Crippen LogP contribution in [0.5, 0.6) is 0 Å². The molecule has 2 aliphatic carbocycles. The highest BCUT2D eigenvalue weighted by atomic mass is 19.4. The largest absolute Gasteiger partial charge is 0.416 e. The van der Waals surface area contributed by atoms with E-state index in [4.69, 9.17) is 4.74 Å². The molecule has 1 aromatic heterocycles. The number of nitrogens with zero attached hydrogens (tertiary/aromatic N) is 5. The molecule has 1 saturated heterocycles. The molecule has 0 radical (unpaired) electrons. The zero-order valence-electron chi connectivity index (χ0n) is 22.0. The fourth-order valence-electron chi connectivity index (χ4n) is 6.91. The summed E-state index contributed by atoms with van der Waals surface area (Å²) in [4.78, 5) is 17.3. The van der Waals surface area contributed by atoms with Crippen LogP contribution in [-0.2, 0) is 36.5 Å². The molecular formula is C29H30F3N5O2. The Morgan fingerprint density at radius 1 is 1.13 bits per heavy atom. The molecule has 39 heavy (non-hydrogen) atoms. The molecule has 7 nitrogen and oxygen atoms in total. The van der Waals surface area contributed by atoms with Crippen LogP contribution in [-0.4, -0.2) is 51.9 Å². The lowest BCUT2D eigenvalue weighted by Crippen LogP contribution is -2.48. The van der Waals surface area contributed by atoms with Gasteiger partial charge in [-0.05, 0) is 72.1 Å². The first-order valence-corrected chi connectivity index (χ1v) is 13.4. The molecule has 3 aromatic rings. The van der Waals surface area contributed by atoms with Gasteiger partial charge in [-0.25, -0.2) is 0 Å². The maximum Gasteiger partial charge on any atom is 0.416 e. The van der Waals surface area contributed by atoms with E-state index in [1.165, 1.54) is 23.8 Å². The van der Waals surface area contributed by atoms with Crippen LogP contribution in [0, 0.1) is 5.41 Å². The Kier molecular flexibility index (Phi) is 5.32. The minimum atomic E-state index is -4.54. The summed E-state index contributed by atoms with van der Waals surface area (Å²) >= 11 is 0. The summed E-state index contributed by atoms with van der Waals surface area (Å²) in [7, 11) is 3.57. The number of aryl methyl sites for hydroxylation is 1. The predicted molar refractivity (Wildman–Crippen MR) is 137 cm³/mol. The van der Waals surface area contributed by atoms with Gasteiger partial charge in [-0.2, -0.15) is 13.2 Å². The summed E-state index contributed by atoms with van der Waals surface area (Å²) < 4.78 is 50.1. The molecule has 4 aliphatic rings. The highest BCUT2D eigenvalue weighted by molar-refractivity contribution is 6.10. The number of amides is 1. The summed E-state index contributed by atoms with van der Waals surface area (Å²) in [6, 6.07) is 10.4. The normalized spacial score (nSPS) is 25.5. The number of benzene rings is 2. The fraction of sp³-hybridized carbons (Fsp3) is 0.483. The molecular weight excluding hydrogens is 507 g/mol. The Hall–Kier alpha value is -3.24. The molecule has 10 heteroatoms. The van der Waals surface area contributed by atoms with E-state index in [-0.39, 0.29) is 23.8 Å². The number of rotatable bonds is 6. The van der Waals surface area contributed by atoms with Gasteiger partial charge in [0.05, 0.1) is 23.6 Å². The quantitative estimate of drug-likeness (QED) is 0.457. The Morgan fingerprint density at radius 2 is 1.90 bits per heavy atom. The van der Waals surface area contributed by atoms with Gasteiger partial charge in [-0.15, -0.1) is 10.2 Å². The number of aromatic nitrogens is 3. The number of carbonyl (C=O) groups excluding carboxylic acids is 1. The first kappa shape index (κ1) is 24.8. The molecule has 0 bridgehead atoms. The Balaban J connectivity index is 1.22. The van der Waals surface area contributed by atoms with Gasteiger partial charge in [0.1, 0.15) is 12.2 Å². The molecule has 7 rings (SSSR count). The van der Waals surface area contributed by atoms with Crippen LogP contribution in [0.3, 0.4) is 0 Å². The minimum absolute atomic E-state index is 0.0510. The zero-order chi connectivity index (χ0) is 27.2. The molecule has 3 heterocycles. The van der Waals surface area contributed by atoms with Crippen molar-refractivity contribution in [3.63, 3.8) is 0 Å². The summed E-state index contributed by atoms with van der Waals surface area (Å²) in [6.07, 6.45) is 0.997. The van der Waals surface area contributed by atoms with E-state index in [9.17, 15) is 18.0 Å². The number of methoxy groups -OCH3 is 1. The number of hydrogen-bond donors (Lipinski definition) is 0. The van der Waals surface area contributed by atoms with E-state index in [1.807, 2.05) is 29.8 Å². The Morgan fingerprint density at radius 3 is 2.54 bits per heavy atom. The Bertz CT molecular complexity index is 1460. The van der Waals surface area contributed by atoms with Crippen LogP contribution in [0.4, 0.5) is 18.9 Å². The smallest absolute Gasteiger partial charge is 0.381 e. The number of anilines is 1. The van der Waals surface area contributed by atoms with Crippen LogP contribution in [0.1, 0.15) is 64.1 Å². The van der Waals surface area contributed by atoms with Crippen molar-refractivity contribution in [2.45, 2.75) is 56.5 Å². The van der Waals surface area contributed by atoms with Crippen molar-refractivity contribution in [2.24, 2.45) is 12.5 Å². The highest BCUT2D eigenvalue weighted by Crippen LogP contribution is 2.53. The van der Waals surface area contributed by atoms with Crippen molar-refractivity contribution in [1.29, 1.82) is 0 Å². The van der Waals surface area contributed by atoms with E-state index in [0.717, 1.165) is 24.5 Å². The van der Waals surface area contributed by atoms with Gasteiger partial charge in [-0.3, -0.25) is 9.69 Å². The van der Waals surface area contributed by atoms with Crippen LogP contribution in [0.25, 0.3) is 0 Å². The first-order chi connectivity index (χ1) is 18.6. The maximum atomic E-state index is 14.2. The van der Waals surface area contributed by atoms with Crippen LogP contribution < -0.4 is 4.90 Å². The molecule has 204 valence electrons. The minimum Gasteiger partial charge on any atom is -0.381 e. The first-order valence-electron chi connectivity index (χ1n) is 13.4. The predicted octanol–water partition coefficient (Wildman–Crippen LogP) is 4.69. The van der Waals surface area contributed by atoms with Gasteiger partial charge in [0.25, 0.3) is 5.91 Å². The fourth-order valence-corrected chi connectivity index (χ4v) is 6.91. The SMILES string of the molecule is COC1CC(c2cccc(N3Cc4c(cc(CN5CC6(CC6)C5)cc4C(F)(F)F)C3=O)c2)(c2nncn2C)C1. The number of likely N-dealkylation sites (tertiary alicyclic amines) is 1. The topological polar surface area (TPSA) is 63.5 Å². The van der Waals surface area contributed by atoms with Gasteiger partial charge >= 0.3 is 6.18 Å². The lowest BCUT2D eigenvalue weighted by molar-refractivity contribution is -0.138. The number of carbonyl (C=O) groups is 1. The average Bonchev–Trinajstić information content (AvgIpc) is 3.43. The third kappa shape index (κ3) is 3.90. The third-order valence-corrected chi connectivity index (χ3v) is 9.22. The highest BCUT2D eigenvalue weighted by Gasteiger charge is 2.52. The molecule has 3 fully saturated rings. The number of fused-ring (bicyclic) bond motifs is 1. The van der Waals surface area contributed by atoms with Crippen molar-refractivity contribution in [3.8, 4) is 0 Å². The summed E-state index contributed by atoms with van der Waals surface area (Å²) in [5.74, 6) is 0.403. The Labute approximate surface area is 224 Å². The van der Waals surface area contributed by atoms with Crippen molar-refractivity contribution in [3.05, 3.63) is 76.4 Å². The molecule has 2 aliphatic heterocycles. The van der Waals surface area contributed by atoms with Crippen LogP contribution in [0.2, 0.25) is 0 Å². The second kappa shape index (κ2) is 8.38. The molecule has 1 spiro atoms. The lowest BCUT2D eigenvalue weighted by Gasteiger charge is -2.46. The van der Waals surface area contributed by atoms with Crippen molar-refractivity contribution < 1.29 is 22.7 Å². The van der Waals surface area contributed by atoms with Crippen molar-refractivity contribution >= 4 is 11.6 Å². The van der Waals surface area contributed by atoms with Crippen LogP contribution in [0.15, 0.2) is 42.7 Å². The average molecular weight is 538 g/mol. The van der Waals surface area contributed by atoms with Gasteiger partial charge < -0.3 is 14.2 Å². The molecule has 0 N–H and O–H groups in total. The van der Waals surface area contributed by atoms with E-state index in [0.29, 0.717) is 36.1 Å². The van der Waals surface area contributed by atoms with E-state index in [1.54, 1.807) is 25.6 Å². The maximum absolute atomic E-state index is 14.2. The number of ether oxygens (including phenoxy) is 1. The van der Waals surface area contributed by atoms with Crippen molar-refractivity contribution in [2.75, 3.05) is 25.1 Å². The molecule has 0 unspecified atom stereocenters. The van der Waals surface area contributed by atoms with E-state index < -0.39 is 23.1 Å². The molecule has 1 amide bonds. The van der Waals surface area contributed by atoms with Crippen LogP contribution >= 0.6 is 0 Å². The van der Waals surface area contributed by atoms with Gasteiger partial charge in [0.15, 0.2) is 0 Å². The summed E-state index contributed by atoms with van der Waals surface area (Å²) in [6.45, 7) is 2.17. The molecule has 2 aromatic carbocycles. The van der Waals surface area contributed by atoms with Gasteiger partial charge in [0, 0.05) is 45.0 Å². The van der Waals surface area contributed by atoms with Gasteiger partial charge in [-0.1, -0.05) is 12.1 Å². The second-order valence-electron chi connectivity index (χ2n) is 11.9. The lowest BCUT2D eigenvalue weighted by atomic mass is 9.62. The number of hydrogen-bond acceptors (Lipinski definition) is 5. The zero-order valence-corrected chi connectivity index (χ0v) is 22.0. The third-order valence-electron chi connectivity index (χ3n) is 9.22. The standard InChI is InChI=1S/C29H30F3N5O2/c1-35-17-33-34-26(35)28(11-21(12-28)39-2)19-4-3-5-20(10-19)37-14-23-22(25(37)38)8-18(9-24(23)29(30,31)32)13-36-15-27(16-36)6-7-27/h3-5,8-10,17,21H,6-7,11-16H2,1-2H3. The second-order valence-corrected chi connectivity index (χ2v) is 11.9. The number of halogens is 3. The monoisotopic (exact) mass is 537 g/mol. The molecule has 0 atom stereocenters. The van der Waals surface area contributed by atoms with E-state index in [2.05, 4.69) is 15.1 Å². The molecule has 2 saturated carbocycles.